The van der Waals surface area contributed by atoms with Crippen LogP contribution in [0.25, 0.3) is 0 Å². The molecule has 0 radical (unpaired) electrons. The number of nitrogens with one attached hydrogen (secondary N) is 1. The fourth-order valence-electron chi connectivity index (χ4n) is 1.50. The van der Waals surface area contributed by atoms with Gasteiger partial charge in [0.15, 0.2) is 5.92 Å². The van der Waals surface area contributed by atoms with Crippen LogP contribution in [0.4, 0.5) is 18.9 Å². The number of aliphatic carboxylic acids is 1. The van der Waals surface area contributed by atoms with E-state index in [0.717, 1.165) is 0 Å². The number of carbonyl (C=O) groups is 1. The van der Waals surface area contributed by atoms with Gasteiger partial charge < -0.3 is 19.9 Å². The highest BCUT2D eigenvalue weighted by atomic mass is 19.4. The number of alkyl halides is 3. The van der Waals surface area contributed by atoms with E-state index in [0.29, 0.717) is 5.75 Å². The molecule has 0 aliphatic rings. The number of hydrogen-bond acceptors (Lipinski definition) is 4. The average Bonchev–Trinajstić information content (AvgIpc) is 2.37. The van der Waals surface area contributed by atoms with E-state index in [1.807, 2.05) is 0 Å². The number of ether oxygens (including phenoxy) is 2. The average molecular weight is 293 g/mol. The monoisotopic (exact) mass is 293 g/mol. The van der Waals surface area contributed by atoms with Crippen molar-refractivity contribution in [3.8, 4) is 11.5 Å². The van der Waals surface area contributed by atoms with Crippen molar-refractivity contribution in [1.82, 2.24) is 0 Å². The molecule has 0 aliphatic heterocycles. The smallest absolute Gasteiger partial charge is 0.403 e. The van der Waals surface area contributed by atoms with Crippen LogP contribution in [-0.4, -0.2) is 38.0 Å². The summed E-state index contributed by atoms with van der Waals surface area (Å²) in [5, 5.41) is 11.0. The molecule has 2 N–H and O–H groups in total. The maximum atomic E-state index is 12.5. The summed E-state index contributed by atoms with van der Waals surface area (Å²) in [4.78, 5) is 10.6. The quantitative estimate of drug-likeness (QED) is 0.843. The number of hydrogen-bond donors (Lipinski definition) is 2. The van der Waals surface area contributed by atoms with Crippen molar-refractivity contribution in [2.75, 3.05) is 26.1 Å². The fraction of sp³-hybridized carbons (Fsp3) is 0.417. The Hall–Kier alpha value is -2.12. The minimum absolute atomic E-state index is 0.254. The first kappa shape index (κ1) is 15.9. The van der Waals surface area contributed by atoms with Crippen molar-refractivity contribution in [3.63, 3.8) is 0 Å². The Labute approximate surface area is 113 Å². The normalized spacial score (nSPS) is 12.7. The van der Waals surface area contributed by atoms with Crippen LogP contribution in [-0.2, 0) is 4.79 Å². The first-order valence-corrected chi connectivity index (χ1v) is 5.55. The first-order chi connectivity index (χ1) is 9.29. The molecule has 0 aromatic heterocycles. The van der Waals surface area contributed by atoms with E-state index in [-0.39, 0.29) is 11.4 Å². The van der Waals surface area contributed by atoms with Crippen molar-refractivity contribution in [2.24, 2.45) is 5.92 Å². The third-order valence-electron chi connectivity index (χ3n) is 2.60. The van der Waals surface area contributed by atoms with Gasteiger partial charge in [0.2, 0.25) is 0 Å². The van der Waals surface area contributed by atoms with Gasteiger partial charge in [-0.25, -0.2) is 0 Å². The molecule has 1 aromatic rings. The van der Waals surface area contributed by atoms with Crippen molar-refractivity contribution in [1.29, 1.82) is 0 Å². The summed E-state index contributed by atoms with van der Waals surface area (Å²) in [6.45, 7) is -0.790. The summed E-state index contributed by atoms with van der Waals surface area (Å²) >= 11 is 0. The molecule has 112 valence electrons. The SMILES string of the molecule is COc1ccc(NCC(C(=O)O)C(F)(F)F)c(OC)c1. The molecule has 20 heavy (non-hydrogen) atoms. The van der Waals surface area contributed by atoms with Crippen LogP contribution in [0.3, 0.4) is 0 Å². The van der Waals surface area contributed by atoms with E-state index in [1.165, 1.54) is 32.4 Å². The molecule has 0 saturated carbocycles. The summed E-state index contributed by atoms with van der Waals surface area (Å²) in [5.74, 6) is -3.69. The zero-order chi connectivity index (χ0) is 15.3. The lowest BCUT2D eigenvalue weighted by atomic mass is 10.1. The van der Waals surface area contributed by atoms with Crippen molar-refractivity contribution in [2.45, 2.75) is 6.18 Å². The molecule has 0 spiro atoms. The van der Waals surface area contributed by atoms with Crippen LogP contribution in [0.1, 0.15) is 0 Å². The second-order valence-corrected chi connectivity index (χ2v) is 3.88. The lowest BCUT2D eigenvalue weighted by molar-refractivity contribution is -0.190. The van der Waals surface area contributed by atoms with Gasteiger partial charge in [0.25, 0.3) is 0 Å². The minimum atomic E-state index is -4.82. The maximum Gasteiger partial charge on any atom is 0.403 e. The number of rotatable bonds is 6. The lowest BCUT2D eigenvalue weighted by Gasteiger charge is -2.18. The Morgan fingerprint density at radius 1 is 1.35 bits per heavy atom. The lowest BCUT2D eigenvalue weighted by Crippen LogP contribution is -2.36. The molecule has 1 rings (SSSR count). The topological polar surface area (TPSA) is 67.8 Å². The van der Waals surface area contributed by atoms with Crippen LogP contribution in [0.2, 0.25) is 0 Å². The molecule has 1 aromatic carbocycles. The first-order valence-electron chi connectivity index (χ1n) is 5.55. The van der Waals surface area contributed by atoms with E-state index in [9.17, 15) is 18.0 Å². The van der Waals surface area contributed by atoms with Crippen LogP contribution < -0.4 is 14.8 Å². The van der Waals surface area contributed by atoms with E-state index >= 15 is 0 Å². The fourth-order valence-corrected chi connectivity index (χ4v) is 1.50. The molecule has 0 bridgehead atoms. The molecule has 1 unspecified atom stereocenters. The predicted molar refractivity (Wildman–Crippen MR) is 65.2 cm³/mol. The summed E-state index contributed by atoms with van der Waals surface area (Å²) in [6, 6.07) is 4.45. The van der Waals surface area contributed by atoms with Gasteiger partial charge in [-0.1, -0.05) is 0 Å². The highest BCUT2D eigenvalue weighted by Gasteiger charge is 2.44. The number of benzene rings is 1. The largest absolute Gasteiger partial charge is 0.497 e. The second kappa shape index (κ2) is 6.36. The van der Waals surface area contributed by atoms with E-state index < -0.39 is 24.6 Å². The Balaban J connectivity index is 2.85. The summed E-state index contributed by atoms with van der Waals surface area (Å²) in [5.41, 5.74) is 0.254. The van der Waals surface area contributed by atoms with Gasteiger partial charge >= 0.3 is 12.1 Å². The highest BCUT2D eigenvalue weighted by molar-refractivity contribution is 5.72. The standard InChI is InChI=1S/C12H14F3NO4/c1-19-7-3-4-9(10(5-7)20-2)16-6-8(11(17)18)12(13,14)15/h3-5,8,16H,6H2,1-2H3,(H,17,18). The number of methoxy groups -OCH3 is 2. The molecule has 0 fully saturated rings. The van der Waals surface area contributed by atoms with Crippen molar-refractivity contribution >= 4 is 11.7 Å². The van der Waals surface area contributed by atoms with Gasteiger partial charge in [-0.3, -0.25) is 4.79 Å². The van der Waals surface area contributed by atoms with E-state index in [2.05, 4.69) is 5.32 Å². The Morgan fingerprint density at radius 2 is 2.00 bits per heavy atom. The van der Waals surface area contributed by atoms with Crippen LogP contribution in [0.15, 0.2) is 18.2 Å². The summed E-state index contributed by atoms with van der Waals surface area (Å²) in [7, 11) is 2.78. The Kier molecular flexibility index (Phi) is 5.06. The zero-order valence-electron chi connectivity index (χ0n) is 10.8. The van der Waals surface area contributed by atoms with Crippen molar-refractivity contribution in [3.05, 3.63) is 18.2 Å². The van der Waals surface area contributed by atoms with Gasteiger partial charge in [0.05, 0.1) is 19.9 Å². The van der Waals surface area contributed by atoms with Gasteiger partial charge in [-0.15, -0.1) is 0 Å². The molecule has 8 heteroatoms. The van der Waals surface area contributed by atoms with Crippen LogP contribution >= 0.6 is 0 Å². The minimum Gasteiger partial charge on any atom is -0.497 e. The molecule has 0 heterocycles. The van der Waals surface area contributed by atoms with E-state index in [4.69, 9.17) is 14.6 Å². The van der Waals surface area contributed by atoms with Gasteiger partial charge in [-0.05, 0) is 12.1 Å². The third-order valence-corrected chi connectivity index (χ3v) is 2.60. The number of carboxylic acid groups (broad SMARTS) is 1. The van der Waals surface area contributed by atoms with E-state index in [1.54, 1.807) is 0 Å². The molecular weight excluding hydrogens is 279 g/mol. The maximum absolute atomic E-state index is 12.5. The number of anilines is 1. The molecule has 0 saturated heterocycles. The van der Waals surface area contributed by atoms with Crippen LogP contribution in [0, 0.1) is 5.92 Å². The van der Waals surface area contributed by atoms with Crippen molar-refractivity contribution < 1.29 is 32.5 Å². The zero-order valence-corrected chi connectivity index (χ0v) is 10.8. The number of halogens is 3. The van der Waals surface area contributed by atoms with Gasteiger partial charge in [0.1, 0.15) is 11.5 Å². The van der Waals surface area contributed by atoms with Gasteiger partial charge in [0, 0.05) is 12.6 Å². The molecule has 1 atom stereocenters. The van der Waals surface area contributed by atoms with Gasteiger partial charge in [-0.2, -0.15) is 13.2 Å². The second-order valence-electron chi connectivity index (χ2n) is 3.88. The predicted octanol–water partition coefficient (Wildman–Crippen LogP) is 2.38. The Morgan fingerprint density at radius 3 is 2.45 bits per heavy atom. The highest BCUT2D eigenvalue weighted by Crippen LogP contribution is 2.31. The molecule has 0 aliphatic carbocycles. The number of carboxylic acids is 1. The summed E-state index contributed by atoms with van der Waals surface area (Å²) in [6.07, 6.45) is -4.82. The molecule has 0 amide bonds. The molecular formula is C12H14F3NO4. The third kappa shape index (κ3) is 3.94. The molecule has 5 nitrogen and oxygen atoms in total. The summed E-state index contributed by atoms with van der Waals surface area (Å²) < 4.78 is 47.5. The van der Waals surface area contributed by atoms with Crippen LogP contribution in [0.5, 0.6) is 11.5 Å². The Bertz CT molecular complexity index is 476.